The van der Waals surface area contributed by atoms with Gasteiger partial charge in [-0.15, -0.1) is 21.8 Å². The highest BCUT2D eigenvalue weighted by molar-refractivity contribution is 6.18. The number of alkyl halides is 1. The van der Waals surface area contributed by atoms with Crippen molar-refractivity contribution in [3.05, 3.63) is 18.7 Å². The van der Waals surface area contributed by atoms with Crippen molar-refractivity contribution in [1.82, 2.24) is 19.6 Å². The van der Waals surface area contributed by atoms with Gasteiger partial charge in [0.05, 0.1) is 0 Å². The van der Waals surface area contributed by atoms with E-state index in [1.165, 1.54) is 19.3 Å². The zero-order valence-electron chi connectivity index (χ0n) is 9.46. The van der Waals surface area contributed by atoms with Gasteiger partial charge in [-0.05, 0) is 19.3 Å². The van der Waals surface area contributed by atoms with Crippen molar-refractivity contribution in [2.45, 2.75) is 25.3 Å². The molecule has 2 aromatic heterocycles. The molecule has 0 bridgehead atoms. The summed E-state index contributed by atoms with van der Waals surface area (Å²) in [5.41, 5.74) is 0.810. The number of hydrogen-bond acceptors (Lipinski definition) is 4. The zero-order valence-corrected chi connectivity index (χ0v) is 10.2. The molecule has 0 spiro atoms. The van der Waals surface area contributed by atoms with Gasteiger partial charge in [0.25, 0.3) is 0 Å². The van der Waals surface area contributed by atoms with E-state index in [2.05, 4.69) is 20.1 Å². The van der Waals surface area contributed by atoms with Gasteiger partial charge < -0.3 is 4.90 Å². The molecule has 1 aliphatic carbocycles. The average Bonchev–Trinajstić information content (AvgIpc) is 2.73. The van der Waals surface area contributed by atoms with E-state index in [1.807, 2.05) is 10.6 Å². The summed E-state index contributed by atoms with van der Waals surface area (Å²) in [6.45, 7) is 0.811. The molecule has 0 atom stereocenters. The maximum absolute atomic E-state index is 5.88. The average molecular weight is 252 g/mol. The summed E-state index contributed by atoms with van der Waals surface area (Å²) in [4.78, 5) is 6.71. The summed E-state index contributed by atoms with van der Waals surface area (Å²) in [6.07, 6.45) is 9.06. The lowest BCUT2D eigenvalue weighted by atomic mass is 9.91. The van der Waals surface area contributed by atoms with Gasteiger partial charge in [0.15, 0.2) is 5.82 Å². The van der Waals surface area contributed by atoms with Crippen LogP contribution in [0.5, 0.6) is 0 Å². The van der Waals surface area contributed by atoms with Crippen LogP contribution >= 0.6 is 11.6 Å². The standard InChI is InChI=1S/C11H14ClN5/c12-4-6-17(9-2-1-3-9)10-11-15-14-8-16(11)7-5-13-10/h5,7-9H,1-4,6H2. The van der Waals surface area contributed by atoms with E-state index in [9.17, 15) is 0 Å². The molecule has 2 heterocycles. The summed E-state index contributed by atoms with van der Waals surface area (Å²) in [5, 5.41) is 8.05. The van der Waals surface area contributed by atoms with E-state index >= 15 is 0 Å². The van der Waals surface area contributed by atoms with Crippen LogP contribution in [-0.2, 0) is 0 Å². The second-order valence-corrected chi connectivity index (χ2v) is 4.66. The number of fused-ring (bicyclic) bond motifs is 1. The quantitative estimate of drug-likeness (QED) is 0.777. The van der Waals surface area contributed by atoms with Crippen LogP contribution in [0.15, 0.2) is 18.7 Å². The van der Waals surface area contributed by atoms with Crippen LogP contribution < -0.4 is 4.90 Å². The van der Waals surface area contributed by atoms with Crippen molar-refractivity contribution in [3.8, 4) is 0 Å². The molecule has 0 radical (unpaired) electrons. The van der Waals surface area contributed by atoms with Gasteiger partial charge in [-0.2, -0.15) is 0 Å². The van der Waals surface area contributed by atoms with Gasteiger partial charge in [0, 0.05) is 30.9 Å². The zero-order chi connectivity index (χ0) is 11.7. The molecule has 1 fully saturated rings. The Kier molecular flexibility index (Phi) is 2.84. The first-order valence-electron chi connectivity index (χ1n) is 5.87. The molecule has 0 aromatic carbocycles. The molecule has 5 nitrogen and oxygen atoms in total. The van der Waals surface area contributed by atoms with E-state index in [0.29, 0.717) is 11.9 Å². The topological polar surface area (TPSA) is 46.3 Å². The van der Waals surface area contributed by atoms with Gasteiger partial charge in [-0.3, -0.25) is 4.40 Å². The predicted octanol–water partition coefficient (Wildman–Crippen LogP) is 1.72. The largest absolute Gasteiger partial charge is 0.349 e. The lowest BCUT2D eigenvalue weighted by Crippen LogP contribution is -2.42. The van der Waals surface area contributed by atoms with Crippen LogP contribution in [0.3, 0.4) is 0 Å². The van der Waals surface area contributed by atoms with Gasteiger partial charge in [-0.1, -0.05) is 0 Å². The molecule has 90 valence electrons. The fourth-order valence-electron chi connectivity index (χ4n) is 2.20. The molecule has 0 aliphatic heterocycles. The predicted molar refractivity (Wildman–Crippen MR) is 66.5 cm³/mol. The Morgan fingerprint density at radius 3 is 3.06 bits per heavy atom. The van der Waals surface area contributed by atoms with Gasteiger partial charge in [0.2, 0.25) is 5.65 Å². The van der Waals surface area contributed by atoms with E-state index in [-0.39, 0.29) is 0 Å². The smallest absolute Gasteiger partial charge is 0.203 e. The molecule has 0 amide bonds. The van der Waals surface area contributed by atoms with Crippen molar-refractivity contribution in [3.63, 3.8) is 0 Å². The maximum Gasteiger partial charge on any atom is 0.203 e. The number of halogens is 1. The third kappa shape index (κ3) is 1.84. The Hall–Kier alpha value is -1.36. The Morgan fingerprint density at radius 2 is 2.35 bits per heavy atom. The number of anilines is 1. The molecule has 1 saturated carbocycles. The van der Waals surface area contributed by atoms with Crippen molar-refractivity contribution in [1.29, 1.82) is 0 Å². The van der Waals surface area contributed by atoms with Crippen LogP contribution in [0.25, 0.3) is 5.65 Å². The molecule has 0 saturated heterocycles. The lowest BCUT2D eigenvalue weighted by Gasteiger charge is -2.37. The summed E-state index contributed by atoms with van der Waals surface area (Å²) in [5.74, 6) is 1.50. The fourth-order valence-corrected chi connectivity index (χ4v) is 2.38. The lowest BCUT2D eigenvalue weighted by molar-refractivity contribution is 0.389. The third-order valence-electron chi connectivity index (χ3n) is 3.31. The highest BCUT2D eigenvalue weighted by Gasteiger charge is 2.27. The van der Waals surface area contributed by atoms with Crippen molar-refractivity contribution in [2.24, 2.45) is 0 Å². The van der Waals surface area contributed by atoms with E-state index in [1.54, 1.807) is 12.5 Å². The van der Waals surface area contributed by atoms with Crippen LogP contribution in [0, 0.1) is 0 Å². The first kappa shape index (κ1) is 10.8. The van der Waals surface area contributed by atoms with Crippen LogP contribution in [0.4, 0.5) is 5.82 Å². The molecule has 17 heavy (non-hydrogen) atoms. The molecule has 0 unspecified atom stereocenters. The fraction of sp³-hybridized carbons (Fsp3) is 0.545. The minimum absolute atomic E-state index is 0.559. The van der Waals surface area contributed by atoms with Crippen LogP contribution in [-0.4, -0.2) is 38.0 Å². The minimum atomic E-state index is 0.559. The Bertz CT molecular complexity index is 507. The molecule has 3 rings (SSSR count). The third-order valence-corrected chi connectivity index (χ3v) is 3.48. The molecule has 1 aliphatic rings. The molecule has 6 heteroatoms. The molecule has 0 N–H and O–H groups in total. The highest BCUT2D eigenvalue weighted by Crippen LogP contribution is 2.29. The number of rotatable bonds is 4. The van der Waals surface area contributed by atoms with E-state index in [4.69, 9.17) is 11.6 Å². The van der Waals surface area contributed by atoms with E-state index in [0.717, 1.165) is 18.0 Å². The van der Waals surface area contributed by atoms with Crippen molar-refractivity contribution in [2.75, 3.05) is 17.3 Å². The maximum atomic E-state index is 5.88. The van der Waals surface area contributed by atoms with Crippen LogP contribution in [0.1, 0.15) is 19.3 Å². The van der Waals surface area contributed by atoms with Gasteiger partial charge in [0.1, 0.15) is 6.33 Å². The number of aromatic nitrogens is 4. The van der Waals surface area contributed by atoms with Crippen molar-refractivity contribution < 1.29 is 0 Å². The molecule has 2 aromatic rings. The first-order valence-corrected chi connectivity index (χ1v) is 6.40. The van der Waals surface area contributed by atoms with Crippen LogP contribution in [0.2, 0.25) is 0 Å². The Balaban J connectivity index is 2.01. The van der Waals surface area contributed by atoms with Crippen molar-refractivity contribution >= 4 is 23.1 Å². The van der Waals surface area contributed by atoms with Gasteiger partial charge >= 0.3 is 0 Å². The Morgan fingerprint density at radius 1 is 1.47 bits per heavy atom. The summed E-state index contributed by atoms with van der Waals surface area (Å²) >= 11 is 5.88. The number of hydrogen-bond donors (Lipinski definition) is 0. The second-order valence-electron chi connectivity index (χ2n) is 4.28. The summed E-state index contributed by atoms with van der Waals surface area (Å²) in [6, 6.07) is 0.559. The number of nitrogens with zero attached hydrogens (tertiary/aromatic N) is 5. The monoisotopic (exact) mass is 251 g/mol. The molecular formula is C11H14ClN5. The van der Waals surface area contributed by atoms with E-state index < -0.39 is 0 Å². The second kappa shape index (κ2) is 4.49. The summed E-state index contributed by atoms with van der Waals surface area (Å²) < 4.78 is 1.89. The first-order chi connectivity index (χ1) is 8.40. The SMILES string of the molecule is ClCCN(c1nccn2cnnc12)C1CCC1. The highest BCUT2D eigenvalue weighted by atomic mass is 35.5. The normalized spacial score (nSPS) is 16.1. The minimum Gasteiger partial charge on any atom is -0.349 e. The Labute approximate surface area is 104 Å². The van der Waals surface area contributed by atoms with Gasteiger partial charge in [-0.25, -0.2) is 4.98 Å². The molecular weight excluding hydrogens is 238 g/mol. The summed E-state index contributed by atoms with van der Waals surface area (Å²) in [7, 11) is 0.